The van der Waals surface area contributed by atoms with Crippen LogP contribution in [0.1, 0.15) is 25.3 Å². The molecule has 25 heavy (non-hydrogen) atoms. The van der Waals surface area contributed by atoms with Crippen LogP contribution in [-0.2, 0) is 16.0 Å². The summed E-state index contributed by atoms with van der Waals surface area (Å²) in [6.45, 7) is 2.92. The molecule has 2 N–H and O–H groups in total. The lowest BCUT2D eigenvalue weighted by molar-refractivity contribution is -0.117. The van der Waals surface area contributed by atoms with Crippen LogP contribution in [-0.4, -0.2) is 24.9 Å². The lowest BCUT2D eigenvalue weighted by Crippen LogP contribution is -2.34. The molecule has 130 valence electrons. The van der Waals surface area contributed by atoms with Crippen LogP contribution in [0.25, 0.3) is 0 Å². The number of benzene rings is 2. The van der Waals surface area contributed by atoms with Crippen molar-refractivity contribution < 1.29 is 9.59 Å². The van der Waals surface area contributed by atoms with E-state index >= 15 is 0 Å². The summed E-state index contributed by atoms with van der Waals surface area (Å²) in [4.78, 5) is 26.0. The molecule has 2 amide bonds. The van der Waals surface area contributed by atoms with Gasteiger partial charge in [0.15, 0.2) is 0 Å². The molecule has 1 heterocycles. The number of fused-ring (bicyclic) bond motifs is 1. The Morgan fingerprint density at radius 3 is 2.72 bits per heavy atom. The number of carbonyl (C=O) groups excluding carboxylic acids is 2. The maximum absolute atomic E-state index is 12.5. The first-order valence-corrected chi connectivity index (χ1v) is 8.69. The van der Waals surface area contributed by atoms with Crippen molar-refractivity contribution in [2.24, 2.45) is 0 Å². The number of carbonyl (C=O) groups is 2. The largest absolute Gasteiger partial charge is 0.376 e. The van der Waals surface area contributed by atoms with Crippen molar-refractivity contribution in [3.63, 3.8) is 0 Å². The van der Waals surface area contributed by atoms with Crippen molar-refractivity contribution in [1.29, 1.82) is 0 Å². The molecule has 1 aliphatic heterocycles. The number of para-hydroxylation sites is 1. The van der Waals surface area contributed by atoms with Gasteiger partial charge in [0.1, 0.15) is 0 Å². The molecule has 1 aliphatic rings. The monoisotopic (exact) mass is 337 g/mol. The van der Waals surface area contributed by atoms with Gasteiger partial charge in [0, 0.05) is 30.0 Å². The van der Waals surface area contributed by atoms with Crippen molar-refractivity contribution in [3.8, 4) is 0 Å². The van der Waals surface area contributed by atoms with Gasteiger partial charge in [-0.3, -0.25) is 9.59 Å². The third kappa shape index (κ3) is 4.18. The standard InChI is InChI=1S/C20H23N3O2/c1-2-6-19(24)22-17-9-5-8-16(13-17)21-14-20(25)23-12-11-15-7-3-4-10-18(15)23/h3-5,7-10,13,21H,2,6,11-12,14H2,1H3,(H,22,24). The van der Waals surface area contributed by atoms with Crippen LogP contribution in [0, 0.1) is 0 Å². The molecule has 0 aromatic heterocycles. The molecular weight excluding hydrogens is 314 g/mol. The minimum atomic E-state index is 0.00407. The van der Waals surface area contributed by atoms with Gasteiger partial charge >= 0.3 is 0 Å². The average molecular weight is 337 g/mol. The number of rotatable bonds is 6. The quantitative estimate of drug-likeness (QED) is 0.849. The molecule has 0 unspecified atom stereocenters. The fraction of sp³-hybridized carbons (Fsp3) is 0.300. The molecule has 0 bridgehead atoms. The fourth-order valence-electron chi connectivity index (χ4n) is 3.03. The summed E-state index contributed by atoms with van der Waals surface area (Å²) in [6.07, 6.45) is 2.22. The second-order valence-electron chi connectivity index (χ2n) is 6.16. The highest BCUT2D eigenvalue weighted by molar-refractivity contribution is 5.98. The van der Waals surface area contributed by atoms with Gasteiger partial charge < -0.3 is 15.5 Å². The van der Waals surface area contributed by atoms with Gasteiger partial charge in [-0.2, -0.15) is 0 Å². The van der Waals surface area contributed by atoms with E-state index < -0.39 is 0 Å². The average Bonchev–Trinajstić information content (AvgIpc) is 3.04. The summed E-state index contributed by atoms with van der Waals surface area (Å²) in [5.41, 5.74) is 3.78. The Morgan fingerprint density at radius 2 is 1.88 bits per heavy atom. The van der Waals surface area contributed by atoms with E-state index in [-0.39, 0.29) is 18.4 Å². The van der Waals surface area contributed by atoms with E-state index in [9.17, 15) is 9.59 Å². The Labute approximate surface area is 148 Å². The van der Waals surface area contributed by atoms with Crippen molar-refractivity contribution in [3.05, 3.63) is 54.1 Å². The summed E-state index contributed by atoms with van der Waals surface area (Å²) < 4.78 is 0. The molecule has 0 radical (unpaired) electrons. The molecule has 2 aromatic carbocycles. The van der Waals surface area contributed by atoms with E-state index in [1.165, 1.54) is 5.56 Å². The Kier molecular flexibility index (Phi) is 5.33. The normalized spacial score (nSPS) is 12.6. The van der Waals surface area contributed by atoms with Crippen LogP contribution in [0.4, 0.5) is 17.1 Å². The lowest BCUT2D eigenvalue weighted by Gasteiger charge is -2.18. The predicted molar refractivity (Wildman–Crippen MR) is 101 cm³/mol. The molecule has 0 atom stereocenters. The SMILES string of the molecule is CCCC(=O)Nc1cccc(NCC(=O)N2CCc3ccccc32)c1. The highest BCUT2D eigenvalue weighted by Gasteiger charge is 2.23. The third-order valence-electron chi connectivity index (χ3n) is 4.26. The van der Waals surface area contributed by atoms with Gasteiger partial charge in [-0.25, -0.2) is 0 Å². The maximum atomic E-state index is 12.5. The molecule has 0 spiro atoms. The number of amides is 2. The molecule has 0 aliphatic carbocycles. The number of anilines is 3. The smallest absolute Gasteiger partial charge is 0.246 e. The van der Waals surface area contributed by atoms with Gasteiger partial charge in [0.25, 0.3) is 0 Å². The van der Waals surface area contributed by atoms with E-state index in [4.69, 9.17) is 0 Å². The highest BCUT2D eigenvalue weighted by Crippen LogP contribution is 2.27. The molecule has 5 heteroatoms. The molecule has 3 rings (SSSR count). The summed E-state index contributed by atoms with van der Waals surface area (Å²) in [5, 5.41) is 6.02. The maximum Gasteiger partial charge on any atom is 0.246 e. The zero-order valence-corrected chi connectivity index (χ0v) is 14.4. The van der Waals surface area contributed by atoms with E-state index in [0.29, 0.717) is 6.42 Å². The van der Waals surface area contributed by atoms with Crippen molar-refractivity contribution in [1.82, 2.24) is 0 Å². The third-order valence-corrected chi connectivity index (χ3v) is 4.26. The first-order valence-electron chi connectivity index (χ1n) is 8.69. The topological polar surface area (TPSA) is 61.4 Å². The van der Waals surface area contributed by atoms with E-state index in [1.807, 2.05) is 54.3 Å². The van der Waals surface area contributed by atoms with Gasteiger partial charge in [0.2, 0.25) is 11.8 Å². The summed E-state index contributed by atoms with van der Waals surface area (Å²) in [5.74, 6) is 0.0507. The minimum absolute atomic E-state index is 0.00407. The molecule has 0 saturated carbocycles. The van der Waals surface area contributed by atoms with E-state index in [1.54, 1.807) is 0 Å². The van der Waals surface area contributed by atoms with E-state index in [0.717, 1.165) is 36.4 Å². The zero-order valence-electron chi connectivity index (χ0n) is 14.4. The van der Waals surface area contributed by atoms with Crippen LogP contribution in [0.3, 0.4) is 0 Å². The van der Waals surface area contributed by atoms with Crippen molar-refractivity contribution in [2.45, 2.75) is 26.2 Å². The number of nitrogens with one attached hydrogen (secondary N) is 2. The Morgan fingerprint density at radius 1 is 1.08 bits per heavy atom. The predicted octanol–water partition coefficient (Wildman–Crippen LogP) is 3.43. The Bertz CT molecular complexity index is 773. The number of hydrogen-bond donors (Lipinski definition) is 2. The Hall–Kier alpha value is -2.82. The van der Waals surface area contributed by atoms with Crippen LogP contribution in [0.15, 0.2) is 48.5 Å². The van der Waals surface area contributed by atoms with Crippen LogP contribution < -0.4 is 15.5 Å². The van der Waals surface area contributed by atoms with Crippen molar-refractivity contribution in [2.75, 3.05) is 28.6 Å². The highest BCUT2D eigenvalue weighted by atomic mass is 16.2. The number of hydrogen-bond acceptors (Lipinski definition) is 3. The first kappa shape index (κ1) is 17.0. The van der Waals surface area contributed by atoms with E-state index in [2.05, 4.69) is 16.7 Å². The second-order valence-corrected chi connectivity index (χ2v) is 6.16. The van der Waals surface area contributed by atoms with Gasteiger partial charge in [0.05, 0.1) is 6.54 Å². The first-order chi connectivity index (χ1) is 12.2. The molecule has 0 fully saturated rings. The molecule has 2 aromatic rings. The van der Waals surface area contributed by atoms with Crippen molar-refractivity contribution >= 4 is 28.9 Å². The van der Waals surface area contributed by atoms with Crippen LogP contribution in [0.5, 0.6) is 0 Å². The van der Waals surface area contributed by atoms with Gasteiger partial charge in [-0.15, -0.1) is 0 Å². The zero-order chi connectivity index (χ0) is 17.6. The van der Waals surface area contributed by atoms with Gasteiger partial charge in [-0.05, 0) is 42.7 Å². The summed E-state index contributed by atoms with van der Waals surface area (Å²) in [7, 11) is 0. The second kappa shape index (κ2) is 7.83. The summed E-state index contributed by atoms with van der Waals surface area (Å²) >= 11 is 0. The fourth-order valence-corrected chi connectivity index (χ4v) is 3.03. The van der Waals surface area contributed by atoms with Crippen LogP contribution >= 0.6 is 0 Å². The number of nitrogens with zero attached hydrogens (tertiary/aromatic N) is 1. The van der Waals surface area contributed by atoms with Gasteiger partial charge in [-0.1, -0.05) is 31.2 Å². The minimum Gasteiger partial charge on any atom is -0.376 e. The van der Waals surface area contributed by atoms with Crippen LogP contribution in [0.2, 0.25) is 0 Å². The summed E-state index contributed by atoms with van der Waals surface area (Å²) in [6, 6.07) is 15.5. The molecule has 5 nitrogen and oxygen atoms in total. The Balaban J connectivity index is 1.59. The molecular formula is C20H23N3O2. The lowest BCUT2D eigenvalue weighted by atomic mass is 10.2. The molecule has 0 saturated heterocycles.